The van der Waals surface area contributed by atoms with E-state index in [0.29, 0.717) is 50.5 Å². The van der Waals surface area contributed by atoms with Crippen molar-refractivity contribution in [2.45, 2.75) is 82.1 Å². The highest BCUT2D eigenvalue weighted by atomic mass is 32.2. The maximum absolute atomic E-state index is 14.0. The van der Waals surface area contributed by atoms with Crippen LogP contribution in [-0.2, 0) is 24.4 Å². The lowest BCUT2D eigenvalue weighted by Crippen LogP contribution is -2.54. The van der Waals surface area contributed by atoms with Crippen molar-refractivity contribution in [2.75, 3.05) is 20.2 Å². The molecule has 1 aromatic heterocycles. The van der Waals surface area contributed by atoms with Crippen molar-refractivity contribution in [1.82, 2.24) is 19.9 Å². The summed E-state index contributed by atoms with van der Waals surface area (Å²) in [7, 11) is -2.04. The fourth-order valence-corrected chi connectivity index (χ4v) is 8.09. The standard InChI is InChI=1S/C33H42N4O7S/c1-4-43-28-18-27(24-12-9-10-20(2)29(24)34-28)44-22-16-25-26(17-22)31(39)37(3)15-8-6-5-7-11-21-19-33(21,35-30(25)38)32(40)36-45(41,42)23-13-14-23/h7,9-12,18,21-23,25-26H,4-6,8,13-17,19H2,1-3H3,(H,35,38)(H,36,40)/b11-7-/t21-,22-,25-,26-,33+/m1/s1. The average Bonchev–Trinajstić information content (AvgIpc) is 3.92. The molecule has 12 heteroatoms. The Labute approximate surface area is 264 Å². The summed E-state index contributed by atoms with van der Waals surface area (Å²) in [6.07, 6.45) is 7.76. The number of rotatable bonds is 7. The smallest absolute Gasteiger partial charge is 0.259 e. The molecule has 4 aliphatic rings. The second-order valence-electron chi connectivity index (χ2n) is 12.9. The van der Waals surface area contributed by atoms with Gasteiger partial charge in [-0.2, -0.15) is 0 Å². The van der Waals surface area contributed by atoms with Crippen LogP contribution in [0.25, 0.3) is 10.9 Å². The molecule has 3 fully saturated rings. The molecule has 5 atom stereocenters. The van der Waals surface area contributed by atoms with Crippen LogP contribution in [0.15, 0.2) is 36.4 Å². The molecule has 0 bridgehead atoms. The summed E-state index contributed by atoms with van der Waals surface area (Å²) in [5.41, 5.74) is 0.351. The normalized spacial score (nSPS) is 29.6. The van der Waals surface area contributed by atoms with Crippen LogP contribution < -0.4 is 19.5 Å². The molecular weight excluding hydrogens is 596 g/mol. The first-order valence-electron chi connectivity index (χ1n) is 16.0. The highest BCUT2D eigenvalue weighted by Gasteiger charge is 2.62. The Kier molecular flexibility index (Phi) is 8.53. The lowest BCUT2D eigenvalue weighted by Gasteiger charge is -2.26. The molecule has 2 aromatic rings. The van der Waals surface area contributed by atoms with E-state index < -0.39 is 50.6 Å². The Hall–Kier alpha value is -3.67. The minimum atomic E-state index is -3.80. The second kappa shape index (κ2) is 12.3. The van der Waals surface area contributed by atoms with Crippen molar-refractivity contribution in [3.63, 3.8) is 0 Å². The lowest BCUT2D eigenvalue weighted by atomic mass is 9.93. The van der Waals surface area contributed by atoms with E-state index in [4.69, 9.17) is 9.47 Å². The monoisotopic (exact) mass is 638 g/mol. The summed E-state index contributed by atoms with van der Waals surface area (Å²) in [5.74, 6) is -2.04. The van der Waals surface area contributed by atoms with Gasteiger partial charge in [-0.25, -0.2) is 13.4 Å². The average molecular weight is 639 g/mol. The van der Waals surface area contributed by atoms with Crippen LogP contribution >= 0.6 is 0 Å². The number of hydrogen-bond donors (Lipinski definition) is 2. The number of carbonyl (C=O) groups excluding carboxylic acids is 3. The van der Waals surface area contributed by atoms with Gasteiger partial charge in [0.15, 0.2) is 0 Å². The number of hydrogen-bond acceptors (Lipinski definition) is 8. The van der Waals surface area contributed by atoms with Crippen molar-refractivity contribution in [2.24, 2.45) is 17.8 Å². The van der Waals surface area contributed by atoms with Gasteiger partial charge in [-0.3, -0.25) is 19.1 Å². The number of sulfonamides is 1. The largest absolute Gasteiger partial charge is 0.489 e. The molecule has 0 unspecified atom stereocenters. The molecule has 3 amide bonds. The number of para-hydroxylation sites is 1. The van der Waals surface area contributed by atoms with Crippen LogP contribution in [0.5, 0.6) is 11.6 Å². The maximum atomic E-state index is 14.0. The van der Waals surface area contributed by atoms with Gasteiger partial charge in [-0.05, 0) is 76.8 Å². The van der Waals surface area contributed by atoms with Crippen molar-refractivity contribution < 1.29 is 32.3 Å². The predicted molar refractivity (Wildman–Crippen MR) is 168 cm³/mol. The Morgan fingerprint density at radius 2 is 1.96 bits per heavy atom. The van der Waals surface area contributed by atoms with Crippen LogP contribution in [0, 0.1) is 24.7 Å². The number of aromatic nitrogens is 1. The molecule has 3 saturated carbocycles. The Bertz CT molecular complexity index is 1640. The molecule has 0 radical (unpaired) electrons. The number of aryl methyl sites for hydroxylation is 1. The van der Waals surface area contributed by atoms with Crippen molar-refractivity contribution in [3.05, 3.63) is 42.0 Å². The first-order chi connectivity index (χ1) is 21.5. The first kappa shape index (κ1) is 31.3. The minimum absolute atomic E-state index is 0.138. The summed E-state index contributed by atoms with van der Waals surface area (Å²) < 4.78 is 39.9. The molecule has 2 N–H and O–H groups in total. The number of nitrogens with zero attached hydrogens (tertiary/aromatic N) is 2. The summed E-state index contributed by atoms with van der Waals surface area (Å²) in [4.78, 5) is 47.7. The van der Waals surface area contributed by atoms with Gasteiger partial charge < -0.3 is 19.7 Å². The number of fused-ring (bicyclic) bond motifs is 3. The van der Waals surface area contributed by atoms with Gasteiger partial charge in [0.25, 0.3) is 5.91 Å². The number of ether oxygens (including phenoxy) is 2. The molecular formula is C33H42N4O7S. The third kappa shape index (κ3) is 6.39. The minimum Gasteiger partial charge on any atom is -0.489 e. The van der Waals surface area contributed by atoms with E-state index >= 15 is 0 Å². The van der Waals surface area contributed by atoms with E-state index in [1.54, 1.807) is 18.0 Å². The van der Waals surface area contributed by atoms with E-state index in [1.165, 1.54) is 0 Å². The quantitative estimate of drug-likeness (QED) is 0.440. The van der Waals surface area contributed by atoms with Crippen LogP contribution in [0.3, 0.4) is 0 Å². The molecule has 2 heterocycles. The van der Waals surface area contributed by atoms with Crippen molar-refractivity contribution >= 4 is 38.6 Å². The predicted octanol–water partition coefficient (Wildman–Crippen LogP) is 3.40. The molecule has 1 aromatic carbocycles. The van der Waals surface area contributed by atoms with Crippen molar-refractivity contribution in [1.29, 1.82) is 0 Å². The highest BCUT2D eigenvalue weighted by molar-refractivity contribution is 7.91. The van der Waals surface area contributed by atoms with Gasteiger partial charge in [-0.1, -0.05) is 24.3 Å². The van der Waals surface area contributed by atoms with Gasteiger partial charge in [0.2, 0.25) is 27.7 Å². The van der Waals surface area contributed by atoms with Crippen LogP contribution in [0.1, 0.15) is 63.9 Å². The number of carbonyl (C=O) groups is 3. The number of amides is 3. The van der Waals surface area contributed by atoms with E-state index in [2.05, 4.69) is 15.0 Å². The highest BCUT2D eigenvalue weighted by Crippen LogP contribution is 2.47. The number of pyridine rings is 1. The van der Waals surface area contributed by atoms with Gasteiger partial charge in [0.05, 0.1) is 29.2 Å². The summed E-state index contributed by atoms with van der Waals surface area (Å²) >= 11 is 0. The topological polar surface area (TPSA) is 144 Å². The Morgan fingerprint density at radius 1 is 1.18 bits per heavy atom. The molecule has 0 saturated heterocycles. The fourth-order valence-electron chi connectivity index (χ4n) is 6.73. The molecule has 11 nitrogen and oxygen atoms in total. The third-order valence-electron chi connectivity index (χ3n) is 9.56. The van der Waals surface area contributed by atoms with Crippen LogP contribution in [-0.4, -0.2) is 73.1 Å². The van der Waals surface area contributed by atoms with Gasteiger partial charge >= 0.3 is 0 Å². The third-order valence-corrected chi connectivity index (χ3v) is 11.4. The van der Waals surface area contributed by atoms with E-state index in [1.807, 2.05) is 44.2 Å². The Morgan fingerprint density at radius 3 is 2.71 bits per heavy atom. The van der Waals surface area contributed by atoms with Crippen molar-refractivity contribution in [3.8, 4) is 11.6 Å². The molecule has 45 heavy (non-hydrogen) atoms. The summed E-state index contributed by atoms with van der Waals surface area (Å²) in [6, 6.07) is 7.57. The maximum Gasteiger partial charge on any atom is 0.259 e. The Balaban J connectivity index is 1.29. The van der Waals surface area contributed by atoms with Gasteiger partial charge in [0.1, 0.15) is 17.4 Å². The SMILES string of the molecule is CCOc1cc(O[C@@H]2C[C@H]3C(=O)N[C@@]4(C(=O)NS(=O)(=O)C5CC5)C[C@H]4/C=C\CCCCN(C)C(=O)[C@@H]3C2)c2cccc(C)c2n1. The molecule has 242 valence electrons. The number of nitrogens with one attached hydrogen (secondary N) is 2. The molecule has 6 rings (SSSR count). The van der Waals surface area contributed by atoms with E-state index in [-0.39, 0.29) is 18.2 Å². The molecule has 0 spiro atoms. The van der Waals surface area contributed by atoms with Gasteiger partial charge in [-0.15, -0.1) is 0 Å². The fraction of sp³-hybridized carbons (Fsp3) is 0.576. The zero-order valence-corrected chi connectivity index (χ0v) is 26.9. The van der Waals surface area contributed by atoms with Crippen LogP contribution in [0.2, 0.25) is 0 Å². The molecule has 3 aliphatic carbocycles. The zero-order valence-electron chi connectivity index (χ0n) is 26.1. The number of benzene rings is 1. The zero-order chi connectivity index (χ0) is 31.9. The summed E-state index contributed by atoms with van der Waals surface area (Å²) in [6.45, 7) is 4.86. The lowest BCUT2D eigenvalue weighted by molar-refractivity contribution is -0.140. The molecule has 1 aliphatic heterocycles. The first-order valence-corrected chi connectivity index (χ1v) is 17.6. The van der Waals surface area contributed by atoms with E-state index in [0.717, 1.165) is 35.7 Å². The summed E-state index contributed by atoms with van der Waals surface area (Å²) in [5, 5.41) is 3.18. The second-order valence-corrected chi connectivity index (χ2v) is 14.9. The number of allylic oxidation sites excluding steroid dienone is 1. The van der Waals surface area contributed by atoms with Crippen LogP contribution in [0.4, 0.5) is 0 Å². The van der Waals surface area contributed by atoms with Gasteiger partial charge in [0, 0.05) is 31.0 Å². The van der Waals surface area contributed by atoms with E-state index in [9.17, 15) is 22.8 Å².